The SMILES string of the molecule is Cc1cnc(Nc2ccc3c(c2)[C@@H](C)NC(=O)OC3)nc1Nc1cccc2c1OCCO2. The summed E-state index contributed by atoms with van der Waals surface area (Å²) in [6.07, 6.45) is 1.34. The standard InChI is InChI=1S/C23H23N5O4/c1-13-11-24-22(26-16-7-6-15-12-32-23(29)25-14(2)17(15)10-16)28-21(13)27-18-4-3-5-19-20(18)31-9-8-30-19/h3-7,10-11,14H,8-9,12H2,1-2H3,(H,25,29)(H2,24,26,27,28)/t14-/m1/s1. The van der Waals surface area contributed by atoms with Gasteiger partial charge in [0.2, 0.25) is 5.95 Å². The van der Waals surface area contributed by atoms with E-state index in [9.17, 15) is 4.79 Å². The van der Waals surface area contributed by atoms with Crippen molar-refractivity contribution in [2.45, 2.75) is 26.5 Å². The fourth-order valence-corrected chi connectivity index (χ4v) is 3.70. The second kappa shape index (κ2) is 8.26. The predicted octanol–water partition coefficient (Wildman–Crippen LogP) is 4.34. The number of nitrogens with one attached hydrogen (secondary N) is 3. The van der Waals surface area contributed by atoms with Crippen LogP contribution in [0.4, 0.5) is 27.9 Å². The molecule has 1 aromatic heterocycles. The van der Waals surface area contributed by atoms with Gasteiger partial charge in [0.05, 0.1) is 11.7 Å². The summed E-state index contributed by atoms with van der Waals surface area (Å²) in [4.78, 5) is 20.7. The van der Waals surface area contributed by atoms with Crippen LogP contribution in [0.15, 0.2) is 42.6 Å². The van der Waals surface area contributed by atoms with E-state index in [4.69, 9.17) is 14.2 Å². The van der Waals surface area contributed by atoms with Crippen LogP contribution in [0.25, 0.3) is 0 Å². The normalized spacial score (nSPS) is 16.8. The van der Waals surface area contributed by atoms with Crippen molar-refractivity contribution >= 4 is 29.2 Å². The van der Waals surface area contributed by atoms with Gasteiger partial charge in [-0.1, -0.05) is 12.1 Å². The molecule has 3 heterocycles. The number of para-hydroxylation sites is 1. The molecule has 9 heteroatoms. The van der Waals surface area contributed by atoms with Crippen LogP contribution in [0, 0.1) is 6.92 Å². The number of cyclic esters (lactones) is 1. The Morgan fingerprint density at radius 1 is 1.09 bits per heavy atom. The number of aromatic nitrogens is 2. The number of carbonyl (C=O) groups is 1. The number of aryl methyl sites for hydroxylation is 1. The maximum Gasteiger partial charge on any atom is 0.407 e. The monoisotopic (exact) mass is 433 g/mol. The van der Waals surface area contributed by atoms with Gasteiger partial charge in [0.1, 0.15) is 25.6 Å². The fourth-order valence-electron chi connectivity index (χ4n) is 3.70. The Labute approximate surface area is 185 Å². The van der Waals surface area contributed by atoms with Crippen molar-refractivity contribution in [1.82, 2.24) is 15.3 Å². The van der Waals surface area contributed by atoms with Crippen LogP contribution in [0.1, 0.15) is 29.7 Å². The Hall–Kier alpha value is -4.01. The quantitative estimate of drug-likeness (QED) is 0.558. The molecule has 2 aliphatic rings. The second-order valence-corrected chi connectivity index (χ2v) is 7.66. The van der Waals surface area contributed by atoms with E-state index < -0.39 is 6.09 Å². The highest BCUT2D eigenvalue weighted by atomic mass is 16.6. The number of rotatable bonds is 4. The van der Waals surface area contributed by atoms with E-state index in [1.54, 1.807) is 6.20 Å². The van der Waals surface area contributed by atoms with Gasteiger partial charge in [-0.2, -0.15) is 4.98 Å². The molecule has 2 aromatic carbocycles. The molecule has 1 atom stereocenters. The lowest BCUT2D eigenvalue weighted by Gasteiger charge is -2.21. The Morgan fingerprint density at radius 3 is 2.88 bits per heavy atom. The van der Waals surface area contributed by atoms with Gasteiger partial charge in [-0.3, -0.25) is 0 Å². The van der Waals surface area contributed by atoms with Crippen LogP contribution in [0.2, 0.25) is 0 Å². The molecule has 0 saturated carbocycles. The summed E-state index contributed by atoms with van der Waals surface area (Å²) in [6, 6.07) is 11.4. The van der Waals surface area contributed by atoms with Crippen LogP contribution in [0.5, 0.6) is 11.5 Å². The van der Waals surface area contributed by atoms with E-state index in [1.165, 1.54) is 0 Å². The summed E-state index contributed by atoms with van der Waals surface area (Å²) in [7, 11) is 0. The summed E-state index contributed by atoms with van der Waals surface area (Å²) in [5, 5.41) is 9.39. The Morgan fingerprint density at radius 2 is 1.97 bits per heavy atom. The largest absolute Gasteiger partial charge is 0.486 e. The molecular formula is C23H23N5O4. The molecule has 0 spiro atoms. The molecule has 3 aromatic rings. The van der Waals surface area contributed by atoms with Crippen LogP contribution in [-0.4, -0.2) is 29.3 Å². The Balaban J connectivity index is 1.39. The number of ether oxygens (including phenoxy) is 3. The number of carbonyl (C=O) groups excluding carboxylic acids is 1. The molecule has 0 radical (unpaired) electrons. The summed E-state index contributed by atoms with van der Waals surface area (Å²) in [5.74, 6) is 2.49. The van der Waals surface area contributed by atoms with Crippen molar-refractivity contribution in [3.63, 3.8) is 0 Å². The van der Waals surface area contributed by atoms with Gasteiger partial charge in [0.15, 0.2) is 11.5 Å². The van der Waals surface area contributed by atoms with Crippen molar-refractivity contribution in [3.8, 4) is 11.5 Å². The Kier molecular flexibility index (Phi) is 5.14. The van der Waals surface area contributed by atoms with Crippen LogP contribution in [0.3, 0.4) is 0 Å². The van der Waals surface area contributed by atoms with Crippen molar-refractivity contribution in [2.24, 2.45) is 0 Å². The van der Waals surface area contributed by atoms with Gasteiger partial charge in [0, 0.05) is 17.4 Å². The summed E-state index contributed by atoms with van der Waals surface area (Å²) >= 11 is 0. The van der Waals surface area contributed by atoms with Gasteiger partial charge >= 0.3 is 6.09 Å². The highest BCUT2D eigenvalue weighted by Gasteiger charge is 2.20. The fraction of sp³-hybridized carbons (Fsp3) is 0.261. The Bertz CT molecular complexity index is 1180. The lowest BCUT2D eigenvalue weighted by atomic mass is 10.0. The van der Waals surface area contributed by atoms with E-state index in [0.29, 0.717) is 36.5 Å². The van der Waals surface area contributed by atoms with E-state index in [0.717, 1.165) is 28.1 Å². The number of amides is 1. The first-order chi connectivity index (χ1) is 15.6. The molecule has 0 saturated heterocycles. The van der Waals surface area contributed by atoms with Crippen molar-refractivity contribution in [3.05, 3.63) is 59.3 Å². The maximum atomic E-state index is 11.7. The first-order valence-corrected chi connectivity index (χ1v) is 10.4. The molecule has 5 rings (SSSR count). The third kappa shape index (κ3) is 3.96. The topological polar surface area (TPSA) is 107 Å². The minimum atomic E-state index is -0.418. The van der Waals surface area contributed by atoms with Gasteiger partial charge in [0.25, 0.3) is 0 Å². The lowest BCUT2D eigenvalue weighted by molar-refractivity contribution is 0.141. The van der Waals surface area contributed by atoms with E-state index >= 15 is 0 Å². The number of fused-ring (bicyclic) bond motifs is 2. The molecule has 0 fully saturated rings. The number of hydrogen-bond donors (Lipinski definition) is 3. The first-order valence-electron chi connectivity index (χ1n) is 10.4. The second-order valence-electron chi connectivity index (χ2n) is 7.66. The molecule has 32 heavy (non-hydrogen) atoms. The van der Waals surface area contributed by atoms with Crippen LogP contribution in [-0.2, 0) is 11.3 Å². The minimum absolute atomic E-state index is 0.163. The van der Waals surface area contributed by atoms with E-state index in [2.05, 4.69) is 25.9 Å². The zero-order valence-electron chi connectivity index (χ0n) is 17.8. The van der Waals surface area contributed by atoms with Gasteiger partial charge in [-0.25, -0.2) is 9.78 Å². The molecule has 164 valence electrons. The molecular weight excluding hydrogens is 410 g/mol. The van der Waals surface area contributed by atoms with Crippen molar-refractivity contribution in [2.75, 3.05) is 23.8 Å². The van der Waals surface area contributed by atoms with Gasteiger partial charge in [-0.05, 0) is 49.2 Å². The zero-order chi connectivity index (χ0) is 22.1. The molecule has 0 aliphatic carbocycles. The average molecular weight is 433 g/mol. The highest BCUT2D eigenvalue weighted by molar-refractivity contribution is 5.71. The number of nitrogens with zero attached hydrogens (tertiary/aromatic N) is 2. The van der Waals surface area contributed by atoms with Gasteiger partial charge in [-0.15, -0.1) is 0 Å². The minimum Gasteiger partial charge on any atom is -0.486 e. The first kappa shape index (κ1) is 19.9. The predicted molar refractivity (Wildman–Crippen MR) is 119 cm³/mol. The summed E-state index contributed by atoms with van der Waals surface area (Å²) in [5.41, 5.74) is 4.43. The third-order valence-corrected chi connectivity index (χ3v) is 5.35. The highest BCUT2D eigenvalue weighted by Crippen LogP contribution is 2.39. The van der Waals surface area contributed by atoms with Crippen molar-refractivity contribution < 1.29 is 19.0 Å². The number of alkyl carbamates (subject to hydrolysis) is 1. The molecule has 0 bridgehead atoms. The summed E-state index contributed by atoms with van der Waals surface area (Å²) < 4.78 is 16.6. The number of anilines is 4. The average Bonchev–Trinajstić information content (AvgIpc) is 2.94. The maximum absolute atomic E-state index is 11.7. The van der Waals surface area contributed by atoms with Crippen molar-refractivity contribution in [1.29, 1.82) is 0 Å². The molecule has 2 aliphatic heterocycles. The molecule has 0 unspecified atom stereocenters. The molecule has 9 nitrogen and oxygen atoms in total. The van der Waals surface area contributed by atoms with E-state index in [-0.39, 0.29) is 12.6 Å². The van der Waals surface area contributed by atoms with E-state index in [1.807, 2.05) is 50.2 Å². The molecule has 3 N–H and O–H groups in total. The van der Waals surface area contributed by atoms with Gasteiger partial charge < -0.3 is 30.2 Å². The lowest BCUT2D eigenvalue weighted by Crippen LogP contribution is -2.24. The van der Waals surface area contributed by atoms with Crippen LogP contribution < -0.4 is 25.4 Å². The number of benzene rings is 2. The summed E-state index contributed by atoms with van der Waals surface area (Å²) in [6.45, 7) is 5.14. The third-order valence-electron chi connectivity index (χ3n) is 5.35. The molecule has 1 amide bonds. The van der Waals surface area contributed by atoms with Crippen LogP contribution >= 0.6 is 0 Å². The number of hydrogen-bond acceptors (Lipinski definition) is 8. The smallest absolute Gasteiger partial charge is 0.407 e. The zero-order valence-corrected chi connectivity index (χ0v) is 17.8.